The molecule has 0 radical (unpaired) electrons. The van der Waals surface area contributed by atoms with Gasteiger partial charge in [0.25, 0.3) is 5.56 Å². The third-order valence-electron chi connectivity index (χ3n) is 2.77. The summed E-state index contributed by atoms with van der Waals surface area (Å²) in [6.45, 7) is 0. The van der Waals surface area contributed by atoms with Crippen molar-refractivity contribution in [3.8, 4) is 16.9 Å². The SMILES string of the molecule is COc1ccc(F)cc1-c1cc(N)n(C)c(=O)c1. The number of methoxy groups -OCH3 is 1. The maximum Gasteiger partial charge on any atom is 0.252 e. The number of nitrogens with two attached hydrogens (primary N) is 1. The summed E-state index contributed by atoms with van der Waals surface area (Å²) in [5, 5.41) is 0. The monoisotopic (exact) mass is 248 g/mol. The largest absolute Gasteiger partial charge is 0.496 e. The zero-order chi connectivity index (χ0) is 13.3. The van der Waals surface area contributed by atoms with Gasteiger partial charge in [-0.25, -0.2) is 4.39 Å². The topological polar surface area (TPSA) is 57.2 Å². The van der Waals surface area contributed by atoms with Crippen LogP contribution in [0, 0.1) is 5.82 Å². The first kappa shape index (κ1) is 12.2. The van der Waals surface area contributed by atoms with Crippen LogP contribution in [0.15, 0.2) is 35.1 Å². The van der Waals surface area contributed by atoms with E-state index < -0.39 is 5.82 Å². The van der Waals surface area contributed by atoms with Crippen LogP contribution in [-0.2, 0) is 7.05 Å². The van der Waals surface area contributed by atoms with Crippen molar-refractivity contribution in [3.05, 3.63) is 46.5 Å². The van der Waals surface area contributed by atoms with Gasteiger partial charge in [0.15, 0.2) is 0 Å². The van der Waals surface area contributed by atoms with Gasteiger partial charge in [0.2, 0.25) is 0 Å². The fourth-order valence-corrected chi connectivity index (χ4v) is 1.72. The lowest BCUT2D eigenvalue weighted by Gasteiger charge is -2.10. The first-order valence-electron chi connectivity index (χ1n) is 5.33. The highest BCUT2D eigenvalue weighted by atomic mass is 19.1. The lowest BCUT2D eigenvalue weighted by molar-refractivity contribution is 0.415. The smallest absolute Gasteiger partial charge is 0.252 e. The van der Waals surface area contributed by atoms with Crippen molar-refractivity contribution in [2.75, 3.05) is 12.8 Å². The van der Waals surface area contributed by atoms with Crippen LogP contribution < -0.4 is 16.0 Å². The molecular formula is C13H13FN2O2. The highest BCUT2D eigenvalue weighted by molar-refractivity contribution is 5.72. The van der Waals surface area contributed by atoms with E-state index in [0.29, 0.717) is 22.7 Å². The second kappa shape index (κ2) is 4.52. The number of nitrogen functional groups attached to an aromatic ring is 1. The van der Waals surface area contributed by atoms with Crippen molar-refractivity contribution < 1.29 is 9.13 Å². The normalized spacial score (nSPS) is 10.4. The molecule has 1 heterocycles. The predicted molar refractivity (Wildman–Crippen MR) is 68.0 cm³/mol. The third kappa shape index (κ3) is 2.07. The molecule has 0 unspecified atom stereocenters. The van der Waals surface area contributed by atoms with Gasteiger partial charge in [-0.3, -0.25) is 9.36 Å². The van der Waals surface area contributed by atoms with Gasteiger partial charge < -0.3 is 10.5 Å². The number of nitrogens with zero attached hydrogens (tertiary/aromatic N) is 1. The molecule has 0 atom stereocenters. The van der Waals surface area contributed by atoms with Crippen molar-refractivity contribution in [2.24, 2.45) is 7.05 Å². The minimum absolute atomic E-state index is 0.253. The summed E-state index contributed by atoms with van der Waals surface area (Å²) < 4.78 is 19.7. The van der Waals surface area contributed by atoms with Gasteiger partial charge in [-0.15, -0.1) is 0 Å². The van der Waals surface area contributed by atoms with E-state index in [4.69, 9.17) is 10.5 Å². The molecule has 0 saturated carbocycles. The molecule has 0 spiro atoms. The molecule has 0 fully saturated rings. The fourth-order valence-electron chi connectivity index (χ4n) is 1.72. The molecule has 0 amide bonds. The number of ether oxygens (including phenoxy) is 1. The molecule has 0 aliphatic carbocycles. The zero-order valence-corrected chi connectivity index (χ0v) is 10.1. The summed E-state index contributed by atoms with van der Waals surface area (Å²) in [7, 11) is 3.06. The highest BCUT2D eigenvalue weighted by Gasteiger charge is 2.10. The molecule has 0 aliphatic rings. The van der Waals surface area contributed by atoms with Gasteiger partial charge in [-0.1, -0.05) is 0 Å². The molecule has 1 aromatic carbocycles. The highest BCUT2D eigenvalue weighted by Crippen LogP contribution is 2.30. The van der Waals surface area contributed by atoms with Gasteiger partial charge in [-0.2, -0.15) is 0 Å². The van der Waals surface area contributed by atoms with Gasteiger partial charge in [0, 0.05) is 18.7 Å². The number of pyridine rings is 1. The molecule has 5 heteroatoms. The Morgan fingerprint density at radius 3 is 2.61 bits per heavy atom. The summed E-state index contributed by atoms with van der Waals surface area (Å²) in [4.78, 5) is 11.7. The second-order valence-electron chi connectivity index (χ2n) is 3.91. The fraction of sp³-hybridized carbons (Fsp3) is 0.154. The number of rotatable bonds is 2. The Labute approximate surface area is 103 Å². The summed E-state index contributed by atoms with van der Waals surface area (Å²) >= 11 is 0. The molecule has 94 valence electrons. The Morgan fingerprint density at radius 2 is 2.00 bits per heavy atom. The first-order chi connectivity index (χ1) is 8.52. The van der Waals surface area contributed by atoms with Crippen molar-refractivity contribution >= 4 is 5.82 Å². The number of halogens is 1. The maximum atomic E-state index is 13.3. The third-order valence-corrected chi connectivity index (χ3v) is 2.77. The molecule has 4 nitrogen and oxygen atoms in total. The van der Waals surface area contributed by atoms with Crippen molar-refractivity contribution in [2.45, 2.75) is 0 Å². The minimum atomic E-state index is -0.398. The van der Waals surface area contributed by atoms with Gasteiger partial charge in [0.1, 0.15) is 17.4 Å². The molecule has 18 heavy (non-hydrogen) atoms. The van der Waals surface area contributed by atoms with Crippen LogP contribution in [0.4, 0.5) is 10.2 Å². The van der Waals surface area contributed by atoms with Crippen molar-refractivity contribution in [1.82, 2.24) is 4.57 Å². The molecular weight excluding hydrogens is 235 g/mol. The van der Waals surface area contributed by atoms with Gasteiger partial charge >= 0.3 is 0 Å². The van der Waals surface area contributed by atoms with E-state index in [1.807, 2.05) is 0 Å². The number of benzene rings is 1. The maximum absolute atomic E-state index is 13.3. The van der Waals surface area contributed by atoms with E-state index in [0.717, 1.165) is 0 Å². The minimum Gasteiger partial charge on any atom is -0.496 e. The van der Waals surface area contributed by atoms with Gasteiger partial charge in [-0.05, 0) is 29.8 Å². The number of aromatic nitrogens is 1. The van der Waals surface area contributed by atoms with Crippen molar-refractivity contribution in [3.63, 3.8) is 0 Å². The number of anilines is 1. The summed E-state index contributed by atoms with van der Waals surface area (Å²) in [6.07, 6.45) is 0. The van der Waals surface area contributed by atoms with E-state index in [9.17, 15) is 9.18 Å². The van der Waals surface area contributed by atoms with E-state index in [2.05, 4.69) is 0 Å². The van der Waals surface area contributed by atoms with Crippen LogP contribution in [0.5, 0.6) is 5.75 Å². The quantitative estimate of drug-likeness (QED) is 0.881. The Hall–Kier alpha value is -2.30. The Balaban J connectivity index is 2.69. The summed E-state index contributed by atoms with van der Waals surface area (Å²) in [6, 6.07) is 7.13. The van der Waals surface area contributed by atoms with E-state index >= 15 is 0 Å². The number of hydrogen-bond acceptors (Lipinski definition) is 3. The van der Waals surface area contributed by atoms with Crippen molar-refractivity contribution in [1.29, 1.82) is 0 Å². The Kier molecular flexibility index (Phi) is 3.06. The average molecular weight is 248 g/mol. The molecule has 0 bridgehead atoms. The molecule has 2 N–H and O–H groups in total. The second-order valence-corrected chi connectivity index (χ2v) is 3.91. The molecule has 0 aliphatic heterocycles. The van der Waals surface area contributed by atoms with Crippen LogP contribution in [0.25, 0.3) is 11.1 Å². The van der Waals surface area contributed by atoms with Gasteiger partial charge in [0.05, 0.1) is 7.11 Å². The Morgan fingerprint density at radius 1 is 1.28 bits per heavy atom. The van der Waals surface area contributed by atoms with E-state index in [1.165, 1.54) is 35.9 Å². The number of hydrogen-bond donors (Lipinski definition) is 1. The van der Waals surface area contributed by atoms with Crippen LogP contribution in [-0.4, -0.2) is 11.7 Å². The van der Waals surface area contributed by atoms with E-state index in [-0.39, 0.29) is 5.56 Å². The van der Waals surface area contributed by atoms with Crippen LogP contribution >= 0.6 is 0 Å². The van der Waals surface area contributed by atoms with E-state index in [1.54, 1.807) is 13.1 Å². The van der Waals surface area contributed by atoms with Crippen LogP contribution in [0.2, 0.25) is 0 Å². The molecule has 2 aromatic rings. The first-order valence-corrected chi connectivity index (χ1v) is 5.33. The summed E-state index contributed by atoms with van der Waals surface area (Å²) in [5.41, 5.74) is 6.50. The standard InChI is InChI=1S/C13H13FN2O2/c1-16-12(15)5-8(6-13(16)17)10-7-9(14)3-4-11(10)18-2/h3-7H,15H2,1-2H3. The summed E-state index contributed by atoms with van der Waals surface area (Å²) in [5.74, 6) is 0.401. The molecule has 1 aromatic heterocycles. The molecule has 0 saturated heterocycles. The lowest BCUT2D eigenvalue weighted by atomic mass is 10.1. The lowest BCUT2D eigenvalue weighted by Crippen LogP contribution is -2.18. The van der Waals surface area contributed by atoms with Crippen LogP contribution in [0.1, 0.15) is 0 Å². The average Bonchev–Trinajstić information content (AvgIpc) is 2.35. The zero-order valence-electron chi connectivity index (χ0n) is 10.1. The molecule has 2 rings (SSSR count). The van der Waals surface area contributed by atoms with Crippen LogP contribution in [0.3, 0.4) is 0 Å². The Bertz CT molecular complexity index is 650. The predicted octanol–water partition coefficient (Wildman–Crippen LogP) is 1.78.